The third-order valence-electron chi connectivity index (χ3n) is 5.40. The van der Waals surface area contributed by atoms with Crippen molar-refractivity contribution in [3.8, 4) is 0 Å². The molecule has 0 fully saturated rings. The highest BCUT2D eigenvalue weighted by Gasteiger charge is 2.29. The molecule has 6 nitrogen and oxygen atoms in total. The van der Waals surface area contributed by atoms with Gasteiger partial charge in [-0.1, -0.05) is 32.0 Å². The summed E-state index contributed by atoms with van der Waals surface area (Å²) in [5, 5.41) is 0.972. The summed E-state index contributed by atoms with van der Waals surface area (Å²) < 4.78 is 29.0. The number of rotatable bonds is 5. The van der Waals surface area contributed by atoms with Gasteiger partial charge in [0, 0.05) is 30.3 Å². The summed E-state index contributed by atoms with van der Waals surface area (Å²) in [7, 11) is 1.69. The van der Waals surface area contributed by atoms with Gasteiger partial charge < -0.3 is 9.47 Å². The number of fused-ring (bicyclic) bond motifs is 2. The molecular weight excluding hydrogens is 400 g/mol. The number of halogens is 2. The Bertz CT molecular complexity index is 1280. The number of nitrogens with zero attached hydrogens (tertiary/aromatic N) is 5. The lowest BCUT2D eigenvalue weighted by molar-refractivity contribution is -0.135. The Morgan fingerprint density at radius 1 is 1.10 bits per heavy atom. The van der Waals surface area contributed by atoms with Crippen molar-refractivity contribution in [2.75, 3.05) is 7.05 Å². The zero-order valence-electron chi connectivity index (χ0n) is 17.8. The van der Waals surface area contributed by atoms with Crippen molar-refractivity contribution in [3.63, 3.8) is 0 Å². The van der Waals surface area contributed by atoms with Crippen LogP contribution in [0.4, 0.5) is 8.78 Å². The minimum absolute atomic E-state index is 0.111. The van der Waals surface area contributed by atoms with Crippen LogP contribution in [0.25, 0.3) is 21.9 Å². The average Bonchev–Trinajstić information content (AvgIpc) is 3.10. The highest BCUT2D eigenvalue weighted by Crippen LogP contribution is 2.27. The van der Waals surface area contributed by atoms with Crippen LogP contribution in [0.2, 0.25) is 0 Å². The maximum absolute atomic E-state index is 13.9. The van der Waals surface area contributed by atoms with Gasteiger partial charge in [0.2, 0.25) is 5.91 Å². The number of para-hydroxylation sites is 1. The van der Waals surface area contributed by atoms with Gasteiger partial charge in [-0.3, -0.25) is 4.79 Å². The first kappa shape index (κ1) is 20.8. The molecule has 31 heavy (non-hydrogen) atoms. The smallest absolute Gasteiger partial charge is 0.246 e. The standard InChI is InChI=1S/C23H23F2N5O/c1-13(2)22(30-12-26-19-9-16(24)17(25)10-20(19)30)23(31)29(4)11-21-27-14(3)15-7-5-6-8-18(15)28-21/h5-10,12-13,22H,11H2,1-4H3. The SMILES string of the molecule is Cc1nc(CN(C)C(=O)C(C(C)C)n2cnc3cc(F)c(F)cc32)nc2ccccc12. The number of hydrogen-bond acceptors (Lipinski definition) is 4. The van der Waals surface area contributed by atoms with E-state index in [-0.39, 0.29) is 18.4 Å². The fraction of sp³-hybridized carbons (Fsp3) is 0.304. The van der Waals surface area contributed by atoms with Crippen molar-refractivity contribution in [3.05, 3.63) is 65.9 Å². The Morgan fingerprint density at radius 3 is 2.55 bits per heavy atom. The van der Waals surface area contributed by atoms with Gasteiger partial charge in [-0.25, -0.2) is 23.7 Å². The topological polar surface area (TPSA) is 63.9 Å². The fourth-order valence-corrected chi connectivity index (χ4v) is 3.85. The summed E-state index contributed by atoms with van der Waals surface area (Å²) in [4.78, 5) is 28.2. The minimum Gasteiger partial charge on any atom is -0.336 e. The molecule has 1 unspecified atom stereocenters. The van der Waals surface area contributed by atoms with Crippen molar-refractivity contribution in [2.24, 2.45) is 5.92 Å². The maximum Gasteiger partial charge on any atom is 0.246 e. The van der Waals surface area contributed by atoms with E-state index >= 15 is 0 Å². The van der Waals surface area contributed by atoms with E-state index in [4.69, 9.17) is 0 Å². The van der Waals surface area contributed by atoms with Gasteiger partial charge in [0.25, 0.3) is 0 Å². The van der Waals surface area contributed by atoms with Crippen LogP contribution in [0, 0.1) is 24.5 Å². The molecule has 0 aliphatic carbocycles. The third-order valence-corrected chi connectivity index (χ3v) is 5.40. The molecule has 2 aromatic heterocycles. The average molecular weight is 423 g/mol. The molecule has 4 rings (SSSR count). The van der Waals surface area contributed by atoms with Crippen molar-refractivity contribution < 1.29 is 13.6 Å². The number of amides is 1. The van der Waals surface area contributed by atoms with E-state index in [9.17, 15) is 13.6 Å². The second-order valence-electron chi connectivity index (χ2n) is 8.03. The van der Waals surface area contributed by atoms with E-state index in [0.29, 0.717) is 16.9 Å². The van der Waals surface area contributed by atoms with E-state index in [2.05, 4.69) is 15.0 Å². The van der Waals surface area contributed by atoms with Gasteiger partial charge >= 0.3 is 0 Å². The zero-order valence-corrected chi connectivity index (χ0v) is 17.8. The van der Waals surface area contributed by atoms with Gasteiger partial charge in [0.1, 0.15) is 11.9 Å². The van der Waals surface area contributed by atoms with E-state index in [1.807, 2.05) is 45.0 Å². The zero-order chi connectivity index (χ0) is 22.3. The molecule has 4 aromatic rings. The summed E-state index contributed by atoms with van der Waals surface area (Å²) in [6, 6.07) is 9.21. The molecule has 8 heteroatoms. The van der Waals surface area contributed by atoms with Crippen molar-refractivity contribution in [1.29, 1.82) is 0 Å². The number of hydrogen-bond donors (Lipinski definition) is 0. The maximum atomic E-state index is 13.9. The van der Waals surface area contributed by atoms with Gasteiger partial charge in [-0.15, -0.1) is 0 Å². The highest BCUT2D eigenvalue weighted by atomic mass is 19.2. The lowest BCUT2D eigenvalue weighted by Gasteiger charge is -2.27. The monoisotopic (exact) mass is 423 g/mol. The van der Waals surface area contributed by atoms with Crippen LogP contribution in [-0.2, 0) is 11.3 Å². The Labute approximate surface area is 178 Å². The first-order valence-electron chi connectivity index (χ1n) is 10.0. The number of carbonyl (C=O) groups is 1. The van der Waals surface area contributed by atoms with Gasteiger partial charge in [-0.2, -0.15) is 0 Å². The second kappa shape index (κ2) is 8.02. The molecule has 0 bridgehead atoms. The summed E-state index contributed by atoms with van der Waals surface area (Å²) in [6.45, 7) is 5.94. The Morgan fingerprint density at radius 2 is 1.81 bits per heavy atom. The molecule has 0 aliphatic rings. The van der Waals surface area contributed by atoms with Crippen LogP contribution in [0.5, 0.6) is 0 Å². The summed E-state index contributed by atoms with van der Waals surface area (Å²) in [5.41, 5.74) is 2.34. The molecule has 0 N–H and O–H groups in total. The highest BCUT2D eigenvalue weighted by molar-refractivity contribution is 5.84. The summed E-state index contributed by atoms with van der Waals surface area (Å²) in [5.74, 6) is -1.70. The van der Waals surface area contributed by atoms with E-state index in [0.717, 1.165) is 28.7 Å². The van der Waals surface area contributed by atoms with Gasteiger partial charge in [-0.05, 0) is 18.9 Å². The number of imidazole rings is 1. The van der Waals surface area contributed by atoms with E-state index in [1.165, 1.54) is 6.33 Å². The number of aromatic nitrogens is 4. The predicted molar refractivity (Wildman–Crippen MR) is 114 cm³/mol. The van der Waals surface area contributed by atoms with Crippen molar-refractivity contribution in [1.82, 2.24) is 24.4 Å². The molecule has 1 atom stereocenters. The summed E-state index contributed by atoms with van der Waals surface area (Å²) >= 11 is 0. The molecule has 0 aliphatic heterocycles. The second-order valence-corrected chi connectivity index (χ2v) is 8.03. The van der Waals surface area contributed by atoms with E-state index < -0.39 is 17.7 Å². The molecule has 2 aromatic carbocycles. The fourth-order valence-electron chi connectivity index (χ4n) is 3.85. The molecule has 0 radical (unpaired) electrons. The third kappa shape index (κ3) is 3.85. The molecule has 2 heterocycles. The predicted octanol–water partition coefficient (Wildman–Crippen LogP) is 4.42. The largest absolute Gasteiger partial charge is 0.336 e. The van der Waals surface area contributed by atoms with Crippen LogP contribution in [0.3, 0.4) is 0 Å². The lowest BCUT2D eigenvalue weighted by atomic mass is 10.0. The molecule has 1 amide bonds. The van der Waals surface area contributed by atoms with Crippen LogP contribution in [0.1, 0.15) is 31.4 Å². The first-order valence-corrected chi connectivity index (χ1v) is 10.0. The molecule has 0 saturated heterocycles. The Kier molecular flexibility index (Phi) is 5.39. The lowest BCUT2D eigenvalue weighted by Crippen LogP contribution is -2.37. The number of benzene rings is 2. The Balaban J connectivity index is 1.66. The van der Waals surface area contributed by atoms with E-state index in [1.54, 1.807) is 16.5 Å². The number of likely N-dealkylation sites (N-methyl/N-ethyl adjacent to an activating group) is 1. The van der Waals surface area contributed by atoms with Crippen LogP contribution >= 0.6 is 0 Å². The normalized spacial score (nSPS) is 12.6. The molecule has 0 saturated carbocycles. The van der Waals surface area contributed by atoms with Crippen molar-refractivity contribution in [2.45, 2.75) is 33.4 Å². The van der Waals surface area contributed by atoms with Crippen LogP contribution in [0.15, 0.2) is 42.7 Å². The van der Waals surface area contributed by atoms with Crippen molar-refractivity contribution >= 4 is 27.8 Å². The number of carbonyl (C=O) groups excluding carboxylic acids is 1. The van der Waals surface area contributed by atoms with Gasteiger partial charge in [0.15, 0.2) is 11.6 Å². The number of aryl methyl sites for hydroxylation is 1. The minimum atomic E-state index is -0.974. The molecular formula is C23H23F2N5O. The molecule has 0 spiro atoms. The quantitative estimate of drug-likeness (QED) is 0.477. The van der Waals surface area contributed by atoms with Gasteiger partial charge in [0.05, 0.1) is 29.4 Å². The molecule has 160 valence electrons. The van der Waals surface area contributed by atoms with Crippen LogP contribution in [-0.4, -0.2) is 37.4 Å². The Hall–Kier alpha value is -3.42. The van der Waals surface area contributed by atoms with Crippen LogP contribution < -0.4 is 0 Å². The summed E-state index contributed by atoms with van der Waals surface area (Å²) in [6.07, 6.45) is 1.45. The first-order chi connectivity index (χ1) is 14.8.